The summed E-state index contributed by atoms with van der Waals surface area (Å²) in [5, 5.41) is 16.5. The van der Waals surface area contributed by atoms with Crippen LogP contribution in [0, 0.1) is 0 Å². The topological polar surface area (TPSA) is 94.2 Å². The molecule has 0 amide bonds. The van der Waals surface area contributed by atoms with Gasteiger partial charge in [0.25, 0.3) is 0 Å². The van der Waals surface area contributed by atoms with Crippen molar-refractivity contribution < 1.29 is 4.74 Å². The lowest BCUT2D eigenvalue weighted by Crippen LogP contribution is -2.47. The van der Waals surface area contributed by atoms with Crippen LogP contribution in [0.2, 0.25) is 5.02 Å². The zero-order valence-corrected chi connectivity index (χ0v) is 21.2. The smallest absolute Gasteiger partial charge is 0.191 e. The van der Waals surface area contributed by atoms with E-state index in [-0.39, 0.29) is 30.0 Å². The SMILES string of the molecule is CCNC(=NCc1cnn(-c2ccc(Cl)cc2)c1)NC1CCc2nc(COC)nn2C1.I. The first-order valence-electron chi connectivity index (χ1n) is 10.4. The lowest BCUT2D eigenvalue weighted by Gasteiger charge is -2.25. The summed E-state index contributed by atoms with van der Waals surface area (Å²) in [4.78, 5) is 9.28. The van der Waals surface area contributed by atoms with E-state index in [0.29, 0.717) is 18.2 Å². The number of guanidine groups is 1. The average molecular weight is 571 g/mol. The quantitative estimate of drug-likeness (QED) is 0.258. The molecule has 0 radical (unpaired) electrons. The Bertz CT molecular complexity index is 1030. The third-order valence-electron chi connectivity index (χ3n) is 5.01. The molecule has 32 heavy (non-hydrogen) atoms. The molecule has 172 valence electrons. The van der Waals surface area contributed by atoms with E-state index < -0.39 is 0 Å². The third-order valence-corrected chi connectivity index (χ3v) is 5.26. The number of hydrogen-bond donors (Lipinski definition) is 2. The zero-order valence-electron chi connectivity index (χ0n) is 18.2. The molecule has 0 bridgehead atoms. The van der Waals surface area contributed by atoms with Crippen LogP contribution in [0.4, 0.5) is 0 Å². The molecule has 0 spiro atoms. The zero-order chi connectivity index (χ0) is 21.6. The number of aliphatic imine (C=N–C) groups is 1. The van der Waals surface area contributed by atoms with Gasteiger partial charge < -0.3 is 15.4 Å². The molecule has 11 heteroatoms. The lowest BCUT2D eigenvalue weighted by molar-refractivity contribution is 0.177. The summed E-state index contributed by atoms with van der Waals surface area (Å²) in [7, 11) is 1.66. The van der Waals surface area contributed by atoms with Crippen LogP contribution < -0.4 is 10.6 Å². The molecule has 1 aliphatic rings. The maximum Gasteiger partial charge on any atom is 0.191 e. The van der Waals surface area contributed by atoms with E-state index >= 15 is 0 Å². The molecule has 2 N–H and O–H groups in total. The van der Waals surface area contributed by atoms with Crippen molar-refractivity contribution in [1.29, 1.82) is 0 Å². The number of hydrogen-bond acceptors (Lipinski definition) is 5. The van der Waals surface area contributed by atoms with Crippen molar-refractivity contribution in [3.05, 3.63) is 58.9 Å². The van der Waals surface area contributed by atoms with Crippen LogP contribution in [0.3, 0.4) is 0 Å². The molecule has 3 heterocycles. The van der Waals surface area contributed by atoms with Gasteiger partial charge in [0.15, 0.2) is 11.8 Å². The number of halogens is 2. The number of nitrogens with zero attached hydrogens (tertiary/aromatic N) is 6. The fourth-order valence-corrected chi connectivity index (χ4v) is 3.66. The van der Waals surface area contributed by atoms with Gasteiger partial charge in [-0.1, -0.05) is 11.6 Å². The molecule has 3 aromatic rings. The Morgan fingerprint density at radius 1 is 1.31 bits per heavy atom. The van der Waals surface area contributed by atoms with Crippen LogP contribution in [0.5, 0.6) is 0 Å². The van der Waals surface area contributed by atoms with Gasteiger partial charge in [0.05, 0.1) is 25.0 Å². The molecule has 0 saturated carbocycles. The van der Waals surface area contributed by atoms with Gasteiger partial charge in [0.1, 0.15) is 12.4 Å². The molecule has 1 aromatic carbocycles. The number of aryl methyl sites for hydroxylation is 1. The standard InChI is InChI=1S/C21H27ClN8O.HI/c1-3-23-21(26-17-6-9-20-27-19(14-31-2)28-30(20)13-17)24-10-15-11-25-29(12-15)18-7-4-16(22)5-8-18;/h4-5,7-8,11-12,17H,3,6,9-10,13-14H2,1-2H3,(H2,23,24,26);1H. The first-order chi connectivity index (χ1) is 15.1. The number of aromatic nitrogens is 5. The number of benzene rings is 1. The highest BCUT2D eigenvalue weighted by Crippen LogP contribution is 2.15. The van der Waals surface area contributed by atoms with Crippen molar-refractivity contribution in [3.8, 4) is 5.69 Å². The van der Waals surface area contributed by atoms with E-state index in [1.165, 1.54) is 0 Å². The molecular formula is C21H28ClIN8O. The lowest BCUT2D eigenvalue weighted by atomic mass is 10.1. The summed E-state index contributed by atoms with van der Waals surface area (Å²) in [5.41, 5.74) is 1.99. The fraction of sp³-hybridized carbons (Fsp3) is 0.429. The minimum absolute atomic E-state index is 0. The Morgan fingerprint density at radius 2 is 2.12 bits per heavy atom. The highest BCUT2D eigenvalue weighted by molar-refractivity contribution is 14.0. The second-order valence-electron chi connectivity index (χ2n) is 7.40. The molecular weight excluding hydrogens is 543 g/mol. The van der Waals surface area contributed by atoms with E-state index in [4.69, 9.17) is 21.3 Å². The third kappa shape index (κ3) is 6.20. The van der Waals surface area contributed by atoms with Crippen molar-refractivity contribution in [2.24, 2.45) is 4.99 Å². The van der Waals surface area contributed by atoms with E-state index in [1.54, 1.807) is 7.11 Å². The number of nitrogens with one attached hydrogen (secondary N) is 2. The summed E-state index contributed by atoms with van der Waals surface area (Å²) in [5.74, 6) is 2.53. The van der Waals surface area contributed by atoms with Gasteiger partial charge >= 0.3 is 0 Å². The van der Waals surface area contributed by atoms with Gasteiger partial charge in [-0.15, -0.1) is 24.0 Å². The van der Waals surface area contributed by atoms with E-state index in [1.807, 2.05) is 46.0 Å². The first kappa shape index (κ1) is 24.5. The van der Waals surface area contributed by atoms with Crippen LogP contribution in [-0.2, 0) is 30.9 Å². The monoisotopic (exact) mass is 570 g/mol. The summed E-state index contributed by atoms with van der Waals surface area (Å²) in [6.07, 6.45) is 5.67. The van der Waals surface area contributed by atoms with E-state index in [2.05, 4.69) is 32.7 Å². The number of rotatable bonds is 7. The summed E-state index contributed by atoms with van der Waals surface area (Å²) in [6, 6.07) is 7.82. The van der Waals surface area contributed by atoms with Crippen molar-refractivity contribution in [2.45, 2.75) is 45.5 Å². The van der Waals surface area contributed by atoms with Crippen LogP contribution in [-0.4, -0.2) is 50.2 Å². The Balaban J connectivity index is 0.00000289. The summed E-state index contributed by atoms with van der Waals surface area (Å²) >= 11 is 5.97. The molecule has 0 saturated heterocycles. The molecule has 0 aliphatic carbocycles. The van der Waals surface area contributed by atoms with Crippen LogP contribution >= 0.6 is 35.6 Å². The molecule has 9 nitrogen and oxygen atoms in total. The van der Waals surface area contributed by atoms with E-state index in [9.17, 15) is 0 Å². The summed E-state index contributed by atoms with van der Waals surface area (Å²) in [6.45, 7) is 4.57. The second-order valence-corrected chi connectivity index (χ2v) is 7.84. The highest BCUT2D eigenvalue weighted by Gasteiger charge is 2.22. The maximum atomic E-state index is 5.97. The normalized spacial score (nSPS) is 15.7. The van der Waals surface area contributed by atoms with Crippen molar-refractivity contribution >= 4 is 41.5 Å². The Hall–Kier alpha value is -2.18. The largest absolute Gasteiger partial charge is 0.377 e. The Kier molecular flexibility index (Phi) is 8.88. The molecule has 2 aromatic heterocycles. The van der Waals surface area contributed by atoms with Gasteiger partial charge in [0.2, 0.25) is 0 Å². The maximum absolute atomic E-state index is 5.97. The minimum Gasteiger partial charge on any atom is -0.377 e. The van der Waals surface area contributed by atoms with Gasteiger partial charge in [-0.05, 0) is 37.6 Å². The molecule has 1 atom stereocenters. The Labute approximate surface area is 209 Å². The van der Waals surface area contributed by atoms with Gasteiger partial charge in [0, 0.05) is 42.9 Å². The number of methoxy groups -OCH3 is 1. The molecule has 1 unspecified atom stereocenters. The number of ether oxygens (including phenoxy) is 1. The molecule has 4 rings (SSSR count). The highest BCUT2D eigenvalue weighted by atomic mass is 127. The van der Waals surface area contributed by atoms with Gasteiger partial charge in [-0.3, -0.25) is 0 Å². The van der Waals surface area contributed by atoms with Crippen molar-refractivity contribution in [3.63, 3.8) is 0 Å². The molecule has 1 aliphatic heterocycles. The second kappa shape index (κ2) is 11.6. The van der Waals surface area contributed by atoms with Crippen LogP contribution in [0.25, 0.3) is 5.69 Å². The Morgan fingerprint density at radius 3 is 2.88 bits per heavy atom. The number of fused-ring (bicyclic) bond motifs is 1. The van der Waals surface area contributed by atoms with Crippen LogP contribution in [0.15, 0.2) is 41.7 Å². The predicted octanol–water partition coefficient (Wildman–Crippen LogP) is 2.95. The predicted molar refractivity (Wildman–Crippen MR) is 135 cm³/mol. The van der Waals surface area contributed by atoms with Gasteiger partial charge in [-0.2, -0.15) is 10.2 Å². The van der Waals surface area contributed by atoms with E-state index in [0.717, 1.165) is 54.8 Å². The average Bonchev–Trinajstić information content (AvgIpc) is 3.39. The summed E-state index contributed by atoms with van der Waals surface area (Å²) < 4.78 is 8.94. The molecule has 0 fully saturated rings. The first-order valence-corrected chi connectivity index (χ1v) is 10.8. The van der Waals surface area contributed by atoms with Crippen molar-refractivity contribution in [1.82, 2.24) is 35.2 Å². The fourth-order valence-electron chi connectivity index (χ4n) is 3.53. The van der Waals surface area contributed by atoms with Gasteiger partial charge in [-0.25, -0.2) is 19.3 Å². The van der Waals surface area contributed by atoms with Crippen molar-refractivity contribution in [2.75, 3.05) is 13.7 Å². The van der Waals surface area contributed by atoms with Crippen LogP contribution in [0.1, 0.15) is 30.6 Å². The minimum atomic E-state index is 0.